The van der Waals surface area contributed by atoms with Crippen molar-refractivity contribution in [3.05, 3.63) is 0 Å². The molecule has 108 valence electrons. The van der Waals surface area contributed by atoms with E-state index in [0.717, 1.165) is 12.8 Å². The number of nitrogens with zero attached hydrogens (tertiary/aromatic N) is 1. The number of urea groups is 1. The Hall–Kier alpha value is -1.26. The third-order valence-electron chi connectivity index (χ3n) is 4.69. The molecule has 5 nitrogen and oxygen atoms in total. The molecule has 0 bridgehead atoms. The van der Waals surface area contributed by atoms with E-state index in [2.05, 4.69) is 12.2 Å². The molecule has 1 saturated heterocycles. The lowest BCUT2D eigenvalue weighted by atomic mass is 9.80. The van der Waals surface area contributed by atoms with E-state index in [-0.39, 0.29) is 6.03 Å². The van der Waals surface area contributed by atoms with Crippen LogP contribution in [0.4, 0.5) is 4.79 Å². The van der Waals surface area contributed by atoms with Crippen molar-refractivity contribution in [2.45, 2.75) is 52.0 Å². The van der Waals surface area contributed by atoms with E-state index in [1.165, 1.54) is 6.42 Å². The fraction of sp³-hybridized carbons (Fsp3) is 0.857. The summed E-state index contributed by atoms with van der Waals surface area (Å²) in [6, 6.07) is 0.279. The summed E-state index contributed by atoms with van der Waals surface area (Å²) in [5.74, 6) is -0.0564. The highest BCUT2D eigenvalue weighted by molar-refractivity contribution is 5.77. The molecule has 2 fully saturated rings. The average molecular weight is 268 g/mol. The lowest BCUT2D eigenvalue weighted by Gasteiger charge is -2.36. The Labute approximate surface area is 114 Å². The van der Waals surface area contributed by atoms with E-state index in [4.69, 9.17) is 5.11 Å². The molecule has 1 aliphatic carbocycles. The molecule has 5 heteroatoms. The molecule has 2 rings (SSSR count). The van der Waals surface area contributed by atoms with Gasteiger partial charge in [0.25, 0.3) is 0 Å². The van der Waals surface area contributed by atoms with Crippen LogP contribution >= 0.6 is 0 Å². The van der Waals surface area contributed by atoms with E-state index in [9.17, 15) is 9.59 Å². The molecule has 1 aliphatic heterocycles. The summed E-state index contributed by atoms with van der Waals surface area (Å²) in [6.07, 6.45) is 4.38. The first kappa shape index (κ1) is 14.2. The van der Waals surface area contributed by atoms with Gasteiger partial charge in [0.05, 0.1) is 5.41 Å². The van der Waals surface area contributed by atoms with Gasteiger partial charge < -0.3 is 15.3 Å². The number of carbonyl (C=O) groups excluding carboxylic acids is 1. The van der Waals surface area contributed by atoms with Gasteiger partial charge in [-0.1, -0.05) is 6.92 Å². The van der Waals surface area contributed by atoms with Gasteiger partial charge in [-0.25, -0.2) is 4.79 Å². The first-order valence-electron chi connectivity index (χ1n) is 7.19. The summed E-state index contributed by atoms with van der Waals surface area (Å²) in [7, 11) is 0. The van der Waals surface area contributed by atoms with Crippen LogP contribution in [0.15, 0.2) is 0 Å². The second-order valence-electron chi connectivity index (χ2n) is 6.42. The van der Waals surface area contributed by atoms with Crippen LogP contribution < -0.4 is 5.32 Å². The van der Waals surface area contributed by atoms with Crippen molar-refractivity contribution < 1.29 is 14.7 Å². The monoisotopic (exact) mass is 268 g/mol. The van der Waals surface area contributed by atoms with Crippen molar-refractivity contribution in [3.8, 4) is 0 Å². The normalized spacial score (nSPS) is 30.1. The van der Waals surface area contributed by atoms with E-state index in [0.29, 0.717) is 37.9 Å². The molecule has 2 atom stereocenters. The number of hydrogen-bond acceptors (Lipinski definition) is 2. The Morgan fingerprint density at radius 2 is 1.89 bits per heavy atom. The molecule has 0 radical (unpaired) electrons. The number of aliphatic carboxylic acids is 1. The summed E-state index contributed by atoms with van der Waals surface area (Å²) < 4.78 is 0. The highest BCUT2D eigenvalue weighted by atomic mass is 16.4. The molecule has 19 heavy (non-hydrogen) atoms. The van der Waals surface area contributed by atoms with Crippen LogP contribution in [0.3, 0.4) is 0 Å². The van der Waals surface area contributed by atoms with Crippen molar-refractivity contribution in [3.63, 3.8) is 0 Å². The maximum absolute atomic E-state index is 12.1. The number of likely N-dealkylation sites (tertiary alicyclic amines) is 1. The Bertz CT molecular complexity index is 362. The molecule has 1 saturated carbocycles. The van der Waals surface area contributed by atoms with Crippen molar-refractivity contribution in [2.75, 3.05) is 13.1 Å². The minimum Gasteiger partial charge on any atom is -0.481 e. The number of rotatable bonds is 2. The summed E-state index contributed by atoms with van der Waals surface area (Å²) in [6.45, 7) is 5.06. The number of carbonyl (C=O) groups is 2. The number of nitrogens with one attached hydrogen (secondary N) is 1. The maximum atomic E-state index is 12.1. The van der Waals surface area contributed by atoms with Gasteiger partial charge >= 0.3 is 12.0 Å². The van der Waals surface area contributed by atoms with Crippen LogP contribution in [0.1, 0.15) is 46.0 Å². The summed E-state index contributed by atoms with van der Waals surface area (Å²) >= 11 is 0. The summed E-state index contributed by atoms with van der Waals surface area (Å²) in [5, 5.41) is 12.2. The van der Waals surface area contributed by atoms with E-state index in [1.807, 2.05) is 0 Å². The van der Waals surface area contributed by atoms with Crippen LogP contribution in [0.2, 0.25) is 0 Å². The zero-order valence-electron chi connectivity index (χ0n) is 11.8. The first-order chi connectivity index (χ1) is 8.90. The summed E-state index contributed by atoms with van der Waals surface area (Å²) in [4.78, 5) is 25.0. The molecular weight excluding hydrogens is 244 g/mol. The molecule has 0 aromatic carbocycles. The Kier molecular flexibility index (Phi) is 4.02. The lowest BCUT2D eigenvalue weighted by Crippen LogP contribution is -2.50. The zero-order valence-corrected chi connectivity index (χ0v) is 11.8. The Morgan fingerprint density at radius 1 is 1.26 bits per heavy atom. The molecule has 2 aliphatic rings. The van der Waals surface area contributed by atoms with Crippen LogP contribution in [-0.4, -0.2) is 41.1 Å². The van der Waals surface area contributed by atoms with Crippen molar-refractivity contribution in [1.29, 1.82) is 0 Å². The van der Waals surface area contributed by atoms with E-state index < -0.39 is 11.4 Å². The SMILES string of the molecule is CC1CCC(NC(=O)N2CCC(C)(C(=O)O)CC2)C1. The fourth-order valence-corrected chi connectivity index (χ4v) is 3.02. The number of carboxylic acid groups (broad SMARTS) is 1. The predicted molar refractivity (Wildman–Crippen MR) is 71.9 cm³/mol. The van der Waals surface area contributed by atoms with Gasteiger partial charge in [0.1, 0.15) is 0 Å². The van der Waals surface area contributed by atoms with Crippen molar-refractivity contribution >= 4 is 12.0 Å². The van der Waals surface area contributed by atoms with Crippen LogP contribution in [-0.2, 0) is 4.79 Å². The number of hydrogen-bond donors (Lipinski definition) is 2. The quantitative estimate of drug-likeness (QED) is 0.805. The molecular formula is C14H24N2O3. The smallest absolute Gasteiger partial charge is 0.317 e. The lowest BCUT2D eigenvalue weighted by molar-refractivity contribution is -0.150. The van der Waals surface area contributed by atoms with Gasteiger partial charge in [-0.15, -0.1) is 0 Å². The topological polar surface area (TPSA) is 69.6 Å². The number of piperidine rings is 1. The van der Waals surface area contributed by atoms with Gasteiger partial charge in [-0.05, 0) is 44.9 Å². The van der Waals surface area contributed by atoms with Gasteiger partial charge in [-0.2, -0.15) is 0 Å². The highest BCUT2D eigenvalue weighted by Crippen LogP contribution is 2.31. The Morgan fingerprint density at radius 3 is 2.37 bits per heavy atom. The molecule has 0 aromatic heterocycles. The second kappa shape index (κ2) is 5.39. The van der Waals surface area contributed by atoms with Gasteiger partial charge in [0.2, 0.25) is 0 Å². The first-order valence-corrected chi connectivity index (χ1v) is 7.19. The van der Waals surface area contributed by atoms with Gasteiger partial charge in [-0.3, -0.25) is 4.79 Å². The molecule has 2 N–H and O–H groups in total. The minimum atomic E-state index is -0.753. The third kappa shape index (κ3) is 3.19. The minimum absolute atomic E-state index is 0.0217. The van der Waals surface area contributed by atoms with Crippen molar-refractivity contribution in [2.24, 2.45) is 11.3 Å². The zero-order chi connectivity index (χ0) is 14.0. The van der Waals surface area contributed by atoms with E-state index in [1.54, 1.807) is 11.8 Å². The Balaban J connectivity index is 1.81. The number of carboxylic acids is 1. The predicted octanol–water partition coefficient (Wildman–Crippen LogP) is 2.07. The molecule has 1 heterocycles. The average Bonchev–Trinajstić information content (AvgIpc) is 2.75. The largest absolute Gasteiger partial charge is 0.481 e. The van der Waals surface area contributed by atoms with Gasteiger partial charge in [0.15, 0.2) is 0 Å². The maximum Gasteiger partial charge on any atom is 0.317 e. The molecule has 0 aromatic rings. The molecule has 2 amide bonds. The summed E-state index contributed by atoms with van der Waals surface area (Å²) in [5.41, 5.74) is -0.668. The molecule has 0 spiro atoms. The van der Waals surface area contributed by atoms with Gasteiger partial charge in [0, 0.05) is 19.1 Å². The van der Waals surface area contributed by atoms with Crippen molar-refractivity contribution in [1.82, 2.24) is 10.2 Å². The fourth-order valence-electron chi connectivity index (χ4n) is 3.02. The van der Waals surface area contributed by atoms with E-state index >= 15 is 0 Å². The molecule has 2 unspecified atom stereocenters. The highest BCUT2D eigenvalue weighted by Gasteiger charge is 2.38. The van der Waals surface area contributed by atoms with Crippen LogP contribution in [0, 0.1) is 11.3 Å². The third-order valence-corrected chi connectivity index (χ3v) is 4.69. The number of amides is 2. The standard InChI is InChI=1S/C14H24N2O3/c1-10-3-4-11(9-10)15-13(19)16-7-5-14(2,6-8-16)12(17)18/h10-11H,3-9H2,1-2H3,(H,15,19)(H,17,18). The van der Waals surface area contributed by atoms with Crippen LogP contribution in [0.25, 0.3) is 0 Å². The van der Waals surface area contributed by atoms with Crippen LogP contribution in [0.5, 0.6) is 0 Å². The second-order valence-corrected chi connectivity index (χ2v) is 6.42.